The number of anilines is 1. The van der Waals surface area contributed by atoms with E-state index in [-0.39, 0.29) is 43.1 Å². The topological polar surface area (TPSA) is 154 Å². The summed E-state index contributed by atoms with van der Waals surface area (Å²) in [7, 11) is -0.761. The van der Waals surface area contributed by atoms with Gasteiger partial charge >= 0.3 is 11.0 Å². The second-order valence-electron chi connectivity index (χ2n) is 12.2. The Hall–Kier alpha value is -4.32. The van der Waals surface area contributed by atoms with Gasteiger partial charge in [0.2, 0.25) is 20.0 Å². The minimum absolute atomic E-state index is 0.111. The number of nitrogens with zero attached hydrogens (tertiary/aromatic N) is 4. The maximum atomic E-state index is 12.5. The highest BCUT2D eigenvalue weighted by Gasteiger charge is 2.30. The molecule has 0 bridgehead atoms. The lowest BCUT2D eigenvalue weighted by Gasteiger charge is -2.12. The fourth-order valence-electron chi connectivity index (χ4n) is 5.04. The molecule has 22 heteroatoms. The summed E-state index contributed by atoms with van der Waals surface area (Å²) in [6.45, 7) is 0. The number of imidazole rings is 2. The van der Waals surface area contributed by atoms with Gasteiger partial charge in [0.25, 0.3) is 0 Å². The van der Waals surface area contributed by atoms with E-state index in [1.807, 2.05) is 7.05 Å². The minimum Gasteiger partial charge on any atom is -0.398 e. The molecule has 0 radical (unpaired) electrons. The van der Waals surface area contributed by atoms with Gasteiger partial charge in [-0.25, -0.2) is 36.2 Å². The molecule has 0 atom stereocenters. The van der Waals surface area contributed by atoms with Crippen LogP contribution >= 0.6 is 39.5 Å². The van der Waals surface area contributed by atoms with Crippen LogP contribution < -0.4 is 15.2 Å². The van der Waals surface area contributed by atoms with E-state index in [0.717, 1.165) is 15.6 Å². The number of halogens is 7. The molecule has 0 saturated heterocycles. The summed E-state index contributed by atoms with van der Waals surface area (Å²) < 4.78 is 130. The Bertz CT molecular complexity index is 2570. The standard InChI is InChI=1S/C19H18F3N3O2S2.C11H14N4O2S.C7H4BrF3S/c1-23-29(26,27)16-8-5-14(17(10-16)18-11-25(2)12-24-18)9-13-3-6-15(7-4-13)28-19(20,21)22;1-13-18(16,17)8-3-4-10(12)9(5-8)11-6-15(2)7-14-11;8-5-1-3-6(4-2-5)12-7(9,10)11/h3-8,10-12,23H,9H2,1-2H3;3-7,13H,12H2,1-2H3;1-4H. The fraction of sp³-hybridized carbons (Fsp3) is 0.189. The van der Waals surface area contributed by atoms with Gasteiger partial charge < -0.3 is 14.9 Å². The average molecular weight is 965 g/mol. The average Bonchev–Trinajstić information content (AvgIpc) is 3.80. The zero-order valence-electron chi connectivity index (χ0n) is 31.4. The van der Waals surface area contributed by atoms with Crippen molar-refractivity contribution in [2.24, 2.45) is 14.1 Å². The number of benzene rings is 4. The first-order chi connectivity index (χ1) is 27.5. The predicted molar refractivity (Wildman–Crippen MR) is 221 cm³/mol. The molecule has 2 aromatic heterocycles. The molecule has 2 heterocycles. The molecule has 4 N–H and O–H groups in total. The van der Waals surface area contributed by atoms with Crippen molar-refractivity contribution in [1.82, 2.24) is 28.5 Å². The summed E-state index contributed by atoms with van der Waals surface area (Å²) in [6, 6.07) is 21.4. The third kappa shape index (κ3) is 14.4. The van der Waals surface area contributed by atoms with Crippen molar-refractivity contribution in [2.45, 2.75) is 37.0 Å². The molecule has 6 rings (SSSR count). The third-order valence-electron chi connectivity index (χ3n) is 7.82. The van der Waals surface area contributed by atoms with Gasteiger partial charge in [-0.15, -0.1) is 0 Å². The van der Waals surface area contributed by atoms with E-state index < -0.39 is 31.1 Å². The Kier molecular flexibility index (Phi) is 15.9. The smallest absolute Gasteiger partial charge is 0.398 e. The van der Waals surface area contributed by atoms with Gasteiger partial charge in [-0.2, -0.15) is 26.3 Å². The molecule has 0 aliphatic heterocycles. The molecule has 6 aromatic rings. The van der Waals surface area contributed by atoms with E-state index in [1.165, 1.54) is 56.6 Å². The van der Waals surface area contributed by atoms with Crippen molar-refractivity contribution in [3.05, 3.63) is 126 Å². The molecule has 0 aliphatic rings. The van der Waals surface area contributed by atoms with Gasteiger partial charge in [0.15, 0.2) is 0 Å². The van der Waals surface area contributed by atoms with Crippen LogP contribution in [0.5, 0.6) is 0 Å². The molecule has 59 heavy (non-hydrogen) atoms. The van der Waals surface area contributed by atoms with E-state index in [0.29, 0.717) is 34.6 Å². The number of aryl methyl sites for hydroxylation is 2. The maximum Gasteiger partial charge on any atom is 0.446 e. The first-order valence-electron chi connectivity index (χ1n) is 16.7. The zero-order valence-corrected chi connectivity index (χ0v) is 36.2. The minimum atomic E-state index is -4.33. The summed E-state index contributed by atoms with van der Waals surface area (Å²) in [6.07, 6.45) is 7.22. The van der Waals surface area contributed by atoms with Gasteiger partial charge in [0.1, 0.15) is 0 Å². The predicted octanol–water partition coefficient (Wildman–Crippen LogP) is 8.84. The highest BCUT2D eigenvalue weighted by atomic mass is 79.9. The highest BCUT2D eigenvalue weighted by molar-refractivity contribution is 9.10. The summed E-state index contributed by atoms with van der Waals surface area (Å²) in [5.74, 6) is 0. The Morgan fingerprint density at radius 2 is 1.08 bits per heavy atom. The molecular formula is C37H36BrF6N7O4S4. The van der Waals surface area contributed by atoms with Crippen molar-refractivity contribution in [3.63, 3.8) is 0 Å². The molecule has 0 unspecified atom stereocenters. The quantitative estimate of drug-likeness (QED) is 0.0695. The molecule has 4 aromatic carbocycles. The largest absolute Gasteiger partial charge is 0.446 e. The van der Waals surface area contributed by atoms with Gasteiger partial charge in [-0.05, 0) is 122 Å². The number of nitrogens with two attached hydrogens (primary N) is 1. The normalized spacial score (nSPS) is 12.0. The molecule has 0 aliphatic carbocycles. The highest BCUT2D eigenvalue weighted by Crippen LogP contribution is 2.38. The number of nitrogen functional groups attached to an aromatic ring is 1. The Labute approximate surface area is 354 Å². The van der Waals surface area contributed by atoms with E-state index in [4.69, 9.17) is 5.73 Å². The summed E-state index contributed by atoms with van der Waals surface area (Å²) in [5.41, 5.74) is 1.93. The lowest BCUT2D eigenvalue weighted by atomic mass is 9.98. The first-order valence-corrected chi connectivity index (χ1v) is 22.1. The van der Waals surface area contributed by atoms with Crippen molar-refractivity contribution >= 4 is 65.2 Å². The van der Waals surface area contributed by atoms with E-state index in [9.17, 15) is 43.2 Å². The lowest BCUT2D eigenvalue weighted by molar-refractivity contribution is -0.0337. The summed E-state index contributed by atoms with van der Waals surface area (Å²) in [5, 5.41) is 0. The van der Waals surface area contributed by atoms with Crippen molar-refractivity contribution in [2.75, 3.05) is 19.8 Å². The number of alkyl halides is 6. The second kappa shape index (κ2) is 19.8. The zero-order chi connectivity index (χ0) is 43.8. The Balaban J connectivity index is 0.000000217. The van der Waals surface area contributed by atoms with Crippen molar-refractivity contribution in [3.8, 4) is 22.5 Å². The Morgan fingerprint density at radius 1 is 0.661 bits per heavy atom. The van der Waals surface area contributed by atoms with Crippen LogP contribution in [0.4, 0.5) is 32.0 Å². The van der Waals surface area contributed by atoms with Crippen LogP contribution in [0, 0.1) is 0 Å². The third-order valence-corrected chi connectivity index (χ3v) is 12.7. The van der Waals surface area contributed by atoms with Crippen LogP contribution in [-0.4, -0.2) is 61.0 Å². The molecule has 0 fully saturated rings. The van der Waals surface area contributed by atoms with Crippen LogP contribution in [0.3, 0.4) is 0 Å². The lowest BCUT2D eigenvalue weighted by Crippen LogP contribution is -2.18. The molecular weight excluding hydrogens is 929 g/mol. The van der Waals surface area contributed by atoms with Gasteiger partial charge in [0, 0.05) is 57.6 Å². The van der Waals surface area contributed by atoms with E-state index in [1.54, 1.807) is 83.7 Å². The summed E-state index contributed by atoms with van der Waals surface area (Å²) >= 11 is 2.86. The number of hydrogen-bond donors (Lipinski definition) is 3. The number of nitrogens with one attached hydrogen (secondary N) is 2. The number of hydrogen-bond acceptors (Lipinski definition) is 9. The molecule has 0 saturated carbocycles. The molecule has 0 spiro atoms. The van der Waals surface area contributed by atoms with Crippen LogP contribution in [-0.2, 0) is 40.6 Å². The first kappa shape index (κ1) is 47.4. The molecule has 316 valence electrons. The SMILES string of the molecule is CNS(=O)(=O)c1ccc(Cc2ccc(SC(F)(F)F)cc2)c(-c2cn(C)cn2)c1.CNS(=O)(=O)c1ccc(N)c(-c2cn(C)cn2)c1.FC(F)(F)Sc1ccc(Br)cc1. The van der Waals surface area contributed by atoms with Gasteiger partial charge in [-0.3, -0.25) is 0 Å². The number of sulfonamides is 2. The fourth-order valence-corrected chi connectivity index (χ4v) is 7.90. The van der Waals surface area contributed by atoms with Crippen LogP contribution in [0.2, 0.25) is 0 Å². The van der Waals surface area contributed by atoms with Gasteiger partial charge in [-0.1, -0.05) is 34.1 Å². The number of thioether (sulfide) groups is 2. The van der Waals surface area contributed by atoms with Gasteiger partial charge in [0.05, 0.1) is 33.8 Å². The monoisotopic (exact) mass is 963 g/mol. The molecule has 11 nitrogen and oxygen atoms in total. The summed E-state index contributed by atoms with van der Waals surface area (Å²) in [4.78, 5) is 9.07. The second-order valence-corrected chi connectivity index (χ2v) is 19.2. The van der Waals surface area contributed by atoms with E-state index in [2.05, 4.69) is 35.3 Å². The van der Waals surface area contributed by atoms with Crippen LogP contribution in [0.15, 0.2) is 134 Å². The van der Waals surface area contributed by atoms with Crippen LogP contribution in [0.25, 0.3) is 22.5 Å². The molecule has 0 amide bonds. The number of aromatic nitrogens is 4. The van der Waals surface area contributed by atoms with Crippen molar-refractivity contribution in [1.29, 1.82) is 0 Å². The van der Waals surface area contributed by atoms with Crippen molar-refractivity contribution < 1.29 is 43.2 Å². The van der Waals surface area contributed by atoms with Crippen LogP contribution in [0.1, 0.15) is 11.1 Å². The Morgan fingerprint density at radius 3 is 1.51 bits per heavy atom. The maximum absolute atomic E-state index is 12.5. The number of rotatable bonds is 10. The van der Waals surface area contributed by atoms with E-state index >= 15 is 0 Å².